The number of aromatic carboxylic acids is 1. The van der Waals surface area contributed by atoms with E-state index in [-0.39, 0.29) is 11.3 Å². The topological polar surface area (TPSA) is 83.7 Å². The number of carboxylic acids is 1. The molecule has 0 saturated carbocycles. The van der Waals surface area contributed by atoms with Crippen molar-refractivity contribution in [1.82, 2.24) is 0 Å². The number of non-ortho nitro benzene ring substituents is 1. The molecule has 6 nitrogen and oxygen atoms in total. The number of thioether (sulfide) groups is 1. The third-order valence-electron chi connectivity index (χ3n) is 2.99. The first-order valence-electron chi connectivity index (χ1n) is 5.94. The third kappa shape index (κ3) is 3.17. The second-order valence-corrected chi connectivity index (χ2v) is 5.44. The summed E-state index contributed by atoms with van der Waals surface area (Å²) < 4.78 is 0. The smallest absolute Gasteiger partial charge is 0.337 e. The summed E-state index contributed by atoms with van der Waals surface area (Å²) in [6.07, 6.45) is 0.951. The van der Waals surface area contributed by atoms with Crippen LogP contribution in [0.3, 0.4) is 0 Å². The van der Waals surface area contributed by atoms with Crippen LogP contribution in [0.5, 0.6) is 0 Å². The molecule has 1 saturated heterocycles. The SMILES string of the molecule is O=C(O)c1ccc([N+](=O)[O-])cc1N1CCCSCC1. The lowest BCUT2D eigenvalue weighted by Crippen LogP contribution is -2.27. The molecule has 1 N–H and O–H groups in total. The highest BCUT2D eigenvalue weighted by Gasteiger charge is 2.20. The van der Waals surface area contributed by atoms with Crippen molar-refractivity contribution in [2.75, 3.05) is 29.5 Å². The Morgan fingerprint density at radius 3 is 2.84 bits per heavy atom. The normalized spacial score (nSPS) is 15.9. The highest BCUT2D eigenvalue weighted by molar-refractivity contribution is 7.99. The van der Waals surface area contributed by atoms with Gasteiger partial charge in [-0.3, -0.25) is 10.1 Å². The first-order chi connectivity index (χ1) is 9.09. The summed E-state index contributed by atoms with van der Waals surface area (Å²) >= 11 is 1.82. The van der Waals surface area contributed by atoms with Gasteiger partial charge in [0.25, 0.3) is 5.69 Å². The van der Waals surface area contributed by atoms with Crippen LogP contribution in [0, 0.1) is 10.1 Å². The van der Waals surface area contributed by atoms with E-state index in [0.29, 0.717) is 12.2 Å². The van der Waals surface area contributed by atoms with E-state index in [9.17, 15) is 20.0 Å². The molecule has 0 unspecified atom stereocenters. The number of nitro benzene ring substituents is 1. The highest BCUT2D eigenvalue weighted by atomic mass is 32.2. The van der Waals surface area contributed by atoms with Gasteiger partial charge in [-0.25, -0.2) is 4.79 Å². The lowest BCUT2D eigenvalue weighted by atomic mass is 10.1. The number of nitro groups is 1. The van der Waals surface area contributed by atoms with Gasteiger partial charge in [-0.15, -0.1) is 0 Å². The summed E-state index contributed by atoms with van der Waals surface area (Å²) in [6, 6.07) is 3.91. The number of anilines is 1. The van der Waals surface area contributed by atoms with Crippen LogP contribution in [-0.4, -0.2) is 40.6 Å². The summed E-state index contributed by atoms with van der Waals surface area (Å²) in [7, 11) is 0. The van der Waals surface area contributed by atoms with Crippen molar-refractivity contribution < 1.29 is 14.8 Å². The summed E-state index contributed by atoms with van der Waals surface area (Å²) in [5, 5.41) is 20.0. The predicted molar refractivity (Wildman–Crippen MR) is 74.2 cm³/mol. The van der Waals surface area contributed by atoms with Crippen molar-refractivity contribution in [3.05, 3.63) is 33.9 Å². The van der Waals surface area contributed by atoms with E-state index in [1.165, 1.54) is 18.2 Å². The number of hydrogen-bond donors (Lipinski definition) is 1. The van der Waals surface area contributed by atoms with Crippen LogP contribution in [-0.2, 0) is 0 Å². The standard InChI is InChI=1S/C12H14N2O4S/c15-12(16)10-3-2-9(14(17)18)8-11(10)13-4-1-6-19-7-5-13/h2-3,8H,1,4-7H2,(H,15,16). The third-order valence-corrected chi connectivity index (χ3v) is 4.03. The molecule has 0 amide bonds. The molecule has 1 aromatic rings. The van der Waals surface area contributed by atoms with Gasteiger partial charge in [0.2, 0.25) is 0 Å². The minimum absolute atomic E-state index is 0.0723. The molecule has 1 aromatic carbocycles. The maximum absolute atomic E-state index is 11.2. The molecule has 19 heavy (non-hydrogen) atoms. The number of hydrogen-bond acceptors (Lipinski definition) is 5. The molecule has 7 heteroatoms. The molecule has 0 radical (unpaired) electrons. The summed E-state index contributed by atoms with van der Waals surface area (Å²) in [6.45, 7) is 1.45. The Morgan fingerprint density at radius 1 is 1.37 bits per heavy atom. The second-order valence-electron chi connectivity index (χ2n) is 4.22. The van der Waals surface area contributed by atoms with Crippen LogP contribution >= 0.6 is 11.8 Å². The minimum Gasteiger partial charge on any atom is -0.478 e. The van der Waals surface area contributed by atoms with Crippen molar-refractivity contribution in [3.8, 4) is 0 Å². The maximum Gasteiger partial charge on any atom is 0.337 e. The van der Waals surface area contributed by atoms with Gasteiger partial charge in [-0.1, -0.05) is 0 Å². The van der Waals surface area contributed by atoms with E-state index < -0.39 is 10.9 Å². The molecule has 2 rings (SSSR count). The van der Waals surface area contributed by atoms with Gasteiger partial charge in [-0.2, -0.15) is 11.8 Å². The van der Waals surface area contributed by atoms with E-state index in [4.69, 9.17) is 0 Å². The van der Waals surface area contributed by atoms with E-state index in [1.807, 2.05) is 16.7 Å². The van der Waals surface area contributed by atoms with Gasteiger partial charge >= 0.3 is 5.97 Å². The van der Waals surface area contributed by atoms with Crippen LogP contribution in [0.2, 0.25) is 0 Å². The van der Waals surface area contributed by atoms with E-state index >= 15 is 0 Å². The van der Waals surface area contributed by atoms with Crippen molar-refractivity contribution in [2.45, 2.75) is 6.42 Å². The predicted octanol–water partition coefficient (Wildman–Crippen LogP) is 2.24. The molecule has 1 heterocycles. The summed E-state index contributed by atoms with van der Waals surface area (Å²) in [5.41, 5.74) is 0.499. The molecular weight excluding hydrogens is 268 g/mol. The molecule has 0 bridgehead atoms. The van der Waals surface area contributed by atoms with Crippen LogP contribution in [0.1, 0.15) is 16.8 Å². The average Bonchev–Trinajstić information content (AvgIpc) is 2.66. The van der Waals surface area contributed by atoms with Gasteiger partial charge in [0.15, 0.2) is 0 Å². The van der Waals surface area contributed by atoms with Crippen molar-refractivity contribution in [2.24, 2.45) is 0 Å². The fourth-order valence-electron chi connectivity index (χ4n) is 2.06. The molecule has 1 aliphatic heterocycles. The molecule has 0 aromatic heterocycles. The van der Waals surface area contributed by atoms with E-state index in [2.05, 4.69) is 0 Å². The molecule has 0 atom stereocenters. The Bertz CT molecular complexity index is 499. The van der Waals surface area contributed by atoms with Crippen LogP contribution < -0.4 is 4.90 Å². The minimum atomic E-state index is -1.05. The first-order valence-corrected chi connectivity index (χ1v) is 7.09. The zero-order valence-electron chi connectivity index (χ0n) is 10.2. The van der Waals surface area contributed by atoms with E-state index in [1.54, 1.807) is 0 Å². The van der Waals surface area contributed by atoms with Crippen molar-refractivity contribution in [3.63, 3.8) is 0 Å². The molecule has 102 valence electrons. The van der Waals surface area contributed by atoms with Crippen LogP contribution in [0.25, 0.3) is 0 Å². The molecule has 1 aliphatic rings. The Kier molecular flexibility index (Phi) is 4.26. The highest BCUT2D eigenvalue weighted by Crippen LogP contribution is 2.28. The Labute approximate surface area is 114 Å². The largest absolute Gasteiger partial charge is 0.478 e. The summed E-state index contributed by atoms with van der Waals surface area (Å²) in [5.74, 6) is 0.886. The van der Waals surface area contributed by atoms with Crippen molar-refractivity contribution in [1.29, 1.82) is 0 Å². The zero-order valence-corrected chi connectivity index (χ0v) is 11.1. The number of carbonyl (C=O) groups is 1. The van der Waals surface area contributed by atoms with Gasteiger partial charge in [0.1, 0.15) is 0 Å². The fraction of sp³-hybridized carbons (Fsp3) is 0.417. The Morgan fingerprint density at radius 2 is 2.16 bits per heavy atom. The van der Waals surface area contributed by atoms with Crippen LogP contribution in [0.4, 0.5) is 11.4 Å². The van der Waals surface area contributed by atoms with Gasteiger partial charge in [-0.05, 0) is 18.2 Å². The molecule has 0 spiro atoms. The number of carboxylic acid groups (broad SMARTS) is 1. The first kappa shape index (κ1) is 13.7. The zero-order chi connectivity index (χ0) is 13.8. The molecule has 0 aliphatic carbocycles. The van der Waals surface area contributed by atoms with Gasteiger partial charge in [0, 0.05) is 31.0 Å². The molecule has 1 fully saturated rings. The summed E-state index contributed by atoms with van der Waals surface area (Å²) in [4.78, 5) is 23.5. The lowest BCUT2D eigenvalue weighted by Gasteiger charge is -2.23. The van der Waals surface area contributed by atoms with Gasteiger partial charge in [0.05, 0.1) is 16.2 Å². The Hall–Kier alpha value is -1.76. The quantitative estimate of drug-likeness (QED) is 0.676. The number of nitrogens with zero attached hydrogens (tertiary/aromatic N) is 2. The second kappa shape index (κ2) is 5.92. The van der Waals surface area contributed by atoms with Crippen molar-refractivity contribution >= 4 is 29.1 Å². The monoisotopic (exact) mass is 282 g/mol. The number of rotatable bonds is 3. The fourth-order valence-corrected chi connectivity index (χ4v) is 2.95. The van der Waals surface area contributed by atoms with E-state index in [0.717, 1.165) is 24.5 Å². The van der Waals surface area contributed by atoms with Crippen LogP contribution in [0.15, 0.2) is 18.2 Å². The Balaban J connectivity index is 2.41. The lowest BCUT2D eigenvalue weighted by molar-refractivity contribution is -0.384. The molecular formula is C12H14N2O4S. The maximum atomic E-state index is 11.2. The number of benzene rings is 1. The average molecular weight is 282 g/mol. The van der Waals surface area contributed by atoms with Gasteiger partial charge < -0.3 is 10.0 Å².